The first-order valence-corrected chi connectivity index (χ1v) is 6.51. The SMILES string of the molecule is CCN1CCC2(CC1)CN=C(N)N2CCOC. The topological polar surface area (TPSA) is 54.1 Å². The van der Waals surface area contributed by atoms with Crippen LogP contribution in [0.5, 0.6) is 0 Å². The molecule has 1 saturated heterocycles. The van der Waals surface area contributed by atoms with Crippen LogP contribution in [0.3, 0.4) is 0 Å². The summed E-state index contributed by atoms with van der Waals surface area (Å²) in [5.74, 6) is 0.701. The Hall–Kier alpha value is -0.810. The average Bonchev–Trinajstić information content (AvgIpc) is 2.65. The van der Waals surface area contributed by atoms with Crippen LogP contribution in [0.2, 0.25) is 0 Å². The molecule has 0 aromatic carbocycles. The van der Waals surface area contributed by atoms with E-state index < -0.39 is 0 Å². The molecule has 2 N–H and O–H groups in total. The Balaban J connectivity index is 2.00. The lowest BCUT2D eigenvalue weighted by Gasteiger charge is -2.45. The number of methoxy groups -OCH3 is 1. The van der Waals surface area contributed by atoms with Crippen molar-refractivity contribution in [3.05, 3.63) is 0 Å². The molecule has 98 valence electrons. The van der Waals surface area contributed by atoms with E-state index in [4.69, 9.17) is 10.5 Å². The molecule has 2 rings (SSSR count). The van der Waals surface area contributed by atoms with Crippen molar-refractivity contribution in [1.29, 1.82) is 0 Å². The van der Waals surface area contributed by atoms with Crippen LogP contribution in [0.1, 0.15) is 19.8 Å². The fourth-order valence-electron chi connectivity index (χ4n) is 2.89. The summed E-state index contributed by atoms with van der Waals surface area (Å²) in [4.78, 5) is 9.21. The van der Waals surface area contributed by atoms with Gasteiger partial charge in [0.15, 0.2) is 5.96 Å². The second-order valence-electron chi connectivity index (χ2n) is 4.98. The van der Waals surface area contributed by atoms with Crippen LogP contribution in [0.4, 0.5) is 0 Å². The lowest BCUT2D eigenvalue weighted by Crippen LogP contribution is -2.57. The minimum absolute atomic E-state index is 0.175. The Kier molecular flexibility index (Phi) is 3.89. The molecule has 1 fully saturated rings. The Bertz CT molecular complexity index is 284. The number of likely N-dealkylation sites (tertiary alicyclic amines) is 1. The summed E-state index contributed by atoms with van der Waals surface area (Å²) in [5, 5.41) is 0. The monoisotopic (exact) mass is 240 g/mol. The summed E-state index contributed by atoms with van der Waals surface area (Å²) in [6, 6.07) is 0. The van der Waals surface area contributed by atoms with Crippen molar-refractivity contribution in [3.63, 3.8) is 0 Å². The van der Waals surface area contributed by atoms with Gasteiger partial charge in [0.2, 0.25) is 0 Å². The van der Waals surface area contributed by atoms with Crippen molar-refractivity contribution in [2.24, 2.45) is 10.7 Å². The second-order valence-corrected chi connectivity index (χ2v) is 4.98. The number of guanidine groups is 1. The highest BCUT2D eigenvalue weighted by Gasteiger charge is 2.43. The van der Waals surface area contributed by atoms with E-state index in [1.165, 1.54) is 0 Å². The number of ether oxygens (including phenoxy) is 1. The average molecular weight is 240 g/mol. The third-order valence-electron chi connectivity index (χ3n) is 4.14. The smallest absolute Gasteiger partial charge is 0.191 e. The third kappa shape index (κ3) is 2.40. The zero-order valence-corrected chi connectivity index (χ0v) is 11.0. The van der Waals surface area contributed by atoms with Crippen LogP contribution in [-0.2, 0) is 4.74 Å². The van der Waals surface area contributed by atoms with Gasteiger partial charge in [-0.3, -0.25) is 4.99 Å². The summed E-state index contributed by atoms with van der Waals surface area (Å²) in [6.45, 7) is 8.11. The number of nitrogens with zero attached hydrogens (tertiary/aromatic N) is 3. The maximum Gasteiger partial charge on any atom is 0.191 e. The molecule has 17 heavy (non-hydrogen) atoms. The van der Waals surface area contributed by atoms with E-state index in [0.717, 1.165) is 52.2 Å². The molecule has 2 heterocycles. The highest BCUT2D eigenvalue weighted by atomic mass is 16.5. The molecule has 5 nitrogen and oxygen atoms in total. The molecule has 0 aromatic heterocycles. The van der Waals surface area contributed by atoms with E-state index in [2.05, 4.69) is 21.7 Å². The lowest BCUT2D eigenvalue weighted by atomic mass is 9.86. The van der Waals surface area contributed by atoms with Crippen LogP contribution in [0, 0.1) is 0 Å². The number of piperidine rings is 1. The van der Waals surface area contributed by atoms with Gasteiger partial charge >= 0.3 is 0 Å². The van der Waals surface area contributed by atoms with Gasteiger partial charge in [-0.05, 0) is 19.4 Å². The first-order valence-electron chi connectivity index (χ1n) is 6.51. The molecule has 5 heteroatoms. The Labute approximate surface area is 104 Å². The van der Waals surface area contributed by atoms with Crippen LogP contribution in [0.25, 0.3) is 0 Å². The van der Waals surface area contributed by atoms with Gasteiger partial charge < -0.3 is 20.3 Å². The maximum atomic E-state index is 6.00. The van der Waals surface area contributed by atoms with Crippen molar-refractivity contribution in [3.8, 4) is 0 Å². The number of nitrogens with two attached hydrogens (primary N) is 1. The van der Waals surface area contributed by atoms with Gasteiger partial charge in [-0.25, -0.2) is 0 Å². The molecule has 0 aliphatic carbocycles. The van der Waals surface area contributed by atoms with E-state index in [0.29, 0.717) is 5.96 Å². The number of rotatable bonds is 4. The summed E-state index contributed by atoms with van der Waals surface area (Å²) in [7, 11) is 1.73. The molecule has 2 aliphatic heterocycles. The van der Waals surface area contributed by atoms with Crippen molar-refractivity contribution >= 4 is 5.96 Å². The molecule has 2 aliphatic rings. The number of hydrogen-bond acceptors (Lipinski definition) is 5. The van der Waals surface area contributed by atoms with Crippen LogP contribution < -0.4 is 5.73 Å². The van der Waals surface area contributed by atoms with Crippen molar-refractivity contribution in [2.75, 3.05) is 46.4 Å². The summed E-state index contributed by atoms with van der Waals surface area (Å²) in [6.07, 6.45) is 2.32. The van der Waals surface area contributed by atoms with Gasteiger partial charge in [-0.1, -0.05) is 6.92 Å². The molecule has 0 amide bonds. The zero-order chi connectivity index (χ0) is 12.3. The Morgan fingerprint density at radius 1 is 1.41 bits per heavy atom. The predicted octanol–water partition coefficient (Wildman–Crippen LogP) is 0.118. The second kappa shape index (κ2) is 5.23. The summed E-state index contributed by atoms with van der Waals surface area (Å²) >= 11 is 0. The highest BCUT2D eigenvalue weighted by molar-refractivity contribution is 5.81. The van der Waals surface area contributed by atoms with Gasteiger partial charge in [0.25, 0.3) is 0 Å². The first kappa shape index (κ1) is 12.6. The molecule has 0 aromatic rings. The maximum absolute atomic E-state index is 6.00. The van der Waals surface area contributed by atoms with Gasteiger partial charge in [-0.15, -0.1) is 0 Å². The molecular formula is C12H24N4O. The van der Waals surface area contributed by atoms with E-state index in [1.54, 1.807) is 7.11 Å². The molecule has 0 radical (unpaired) electrons. The van der Waals surface area contributed by atoms with Crippen LogP contribution >= 0.6 is 0 Å². The lowest BCUT2D eigenvalue weighted by molar-refractivity contribution is 0.0694. The molecule has 0 saturated carbocycles. The van der Waals surface area contributed by atoms with Crippen molar-refractivity contribution in [1.82, 2.24) is 9.80 Å². The van der Waals surface area contributed by atoms with E-state index in [-0.39, 0.29) is 5.54 Å². The van der Waals surface area contributed by atoms with Crippen molar-refractivity contribution < 1.29 is 4.74 Å². The third-order valence-corrected chi connectivity index (χ3v) is 4.14. The molecule has 0 atom stereocenters. The highest BCUT2D eigenvalue weighted by Crippen LogP contribution is 2.32. The summed E-state index contributed by atoms with van der Waals surface area (Å²) < 4.78 is 5.17. The Morgan fingerprint density at radius 3 is 2.71 bits per heavy atom. The zero-order valence-electron chi connectivity index (χ0n) is 11.0. The summed E-state index contributed by atoms with van der Waals surface area (Å²) in [5.41, 5.74) is 6.17. The van der Waals surface area contributed by atoms with Crippen LogP contribution in [-0.4, -0.2) is 67.7 Å². The fourth-order valence-corrected chi connectivity index (χ4v) is 2.89. The van der Waals surface area contributed by atoms with E-state index >= 15 is 0 Å². The molecule has 1 spiro atoms. The van der Waals surface area contributed by atoms with Gasteiger partial charge in [0, 0.05) is 26.7 Å². The van der Waals surface area contributed by atoms with E-state index in [1.807, 2.05) is 0 Å². The standard InChI is InChI=1S/C12H24N4O/c1-3-15-6-4-12(5-7-15)10-14-11(13)16(12)8-9-17-2/h3-10H2,1-2H3,(H2,13,14). The van der Waals surface area contributed by atoms with Gasteiger partial charge in [0.1, 0.15) is 0 Å². The number of aliphatic imine (C=N–C) groups is 1. The molecule has 0 unspecified atom stereocenters. The minimum atomic E-state index is 0.175. The molecular weight excluding hydrogens is 216 g/mol. The largest absolute Gasteiger partial charge is 0.383 e. The Morgan fingerprint density at radius 2 is 2.12 bits per heavy atom. The van der Waals surface area contributed by atoms with Crippen LogP contribution in [0.15, 0.2) is 4.99 Å². The quantitative estimate of drug-likeness (QED) is 0.758. The molecule has 0 bridgehead atoms. The minimum Gasteiger partial charge on any atom is -0.383 e. The van der Waals surface area contributed by atoms with E-state index in [9.17, 15) is 0 Å². The predicted molar refractivity (Wildman–Crippen MR) is 69.2 cm³/mol. The number of hydrogen-bond donors (Lipinski definition) is 1. The fraction of sp³-hybridized carbons (Fsp3) is 0.917. The van der Waals surface area contributed by atoms with Gasteiger partial charge in [-0.2, -0.15) is 0 Å². The normalized spacial score (nSPS) is 24.4. The van der Waals surface area contributed by atoms with Gasteiger partial charge in [0.05, 0.1) is 18.7 Å². The first-order chi connectivity index (χ1) is 8.22. The van der Waals surface area contributed by atoms with Crippen molar-refractivity contribution in [2.45, 2.75) is 25.3 Å².